The van der Waals surface area contributed by atoms with E-state index in [2.05, 4.69) is 217 Å². The molecule has 0 N–H and O–H groups in total. The van der Waals surface area contributed by atoms with Crippen LogP contribution in [0.25, 0.3) is 93.2 Å². The molecule has 0 saturated heterocycles. The van der Waals surface area contributed by atoms with Gasteiger partial charge in [0.05, 0.1) is 16.7 Å². The Hall–Kier alpha value is -7.42. The van der Waals surface area contributed by atoms with Crippen LogP contribution in [0.3, 0.4) is 0 Å². The van der Waals surface area contributed by atoms with E-state index in [9.17, 15) is 0 Å². The monoisotopic (exact) mass is 750 g/mol. The van der Waals surface area contributed by atoms with Crippen molar-refractivity contribution in [3.63, 3.8) is 0 Å². The third-order valence-electron chi connectivity index (χ3n) is 13.5. The van der Waals surface area contributed by atoms with E-state index in [1.165, 1.54) is 104 Å². The SMILES string of the molecule is CC1(C)c2cc(N(c3ccc(-c4ccccc4)cc3)c3ccc4c5ccccc5n(-c5ccccc5)c4c3)c3cccc4c3c2-c2c1ccc1ccc3cccc-4c3c21. The number of hydrogen-bond acceptors (Lipinski definition) is 1. The number of benzene rings is 10. The molecule has 2 nitrogen and oxygen atoms in total. The van der Waals surface area contributed by atoms with Crippen LogP contribution in [0.2, 0.25) is 0 Å². The second kappa shape index (κ2) is 11.8. The molecule has 1 aromatic heterocycles. The van der Waals surface area contributed by atoms with Crippen molar-refractivity contribution in [2.45, 2.75) is 19.3 Å². The lowest BCUT2D eigenvalue weighted by molar-refractivity contribution is 0.661. The highest BCUT2D eigenvalue weighted by Gasteiger charge is 2.41. The number of aromatic nitrogens is 1. The third kappa shape index (κ3) is 4.41. The van der Waals surface area contributed by atoms with Crippen LogP contribution in [-0.2, 0) is 5.41 Å². The van der Waals surface area contributed by atoms with E-state index in [1.807, 2.05) is 0 Å². The highest BCUT2D eigenvalue weighted by Crippen LogP contribution is 2.60. The van der Waals surface area contributed by atoms with E-state index >= 15 is 0 Å². The Morgan fingerprint density at radius 1 is 0.407 bits per heavy atom. The molecule has 0 fully saturated rings. The fourth-order valence-electron chi connectivity index (χ4n) is 10.8. The van der Waals surface area contributed by atoms with E-state index in [0.29, 0.717) is 0 Å². The maximum Gasteiger partial charge on any atom is 0.0561 e. The summed E-state index contributed by atoms with van der Waals surface area (Å²) < 4.78 is 2.43. The zero-order valence-electron chi connectivity index (χ0n) is 32.9. The molecule has 0 bridgehead atoms. The summed E-state index contributed by atoms with van der Waals surface area (Å²) in [6, 6.07) is 72.3. The Kier molecular flexibility index (Phi) is 6.54. The van der Waals surface area contributed by atoms with Crippen LogP contribution in [-0.4, -0.2) is 4.57 Å². The molecule has 11 aromatic rings. The molecule has 2 heteroatoms. The molecule has 0 unspecified atom stereocenters. The number of nitrogens with zero attached hydrogens (tertiary/aromatic N) is 2. The van der Waals surface area contributed by atoms with Crippen molar-refractivity contribution in [3.8, 4) is 39.1 Å². The van der Waals surface area contributed by atoms with Gasteiger partial charge < -0.3 is 9.47 Å². The molecule has 0 radical (unpaired) electrons. The van der Waals surface area contributed by atoms with Crippen LogP contribution in [0.15, 0.2) is 194 Å². The highest BCUT2D eigenvalue weighted by molar-refractivity contribution is 6.29. The smallest absolute Gasteiger partial charge is 0.0561 e. The van der Waals surface area contributed by atoms with Gasteiger partial charge in [0.1, 0.15) is 0 Å². The lowest BCUT2D eigenvalue weighted by Crippen LogP contribution is -2.17. The van der Waals surface area contributed by atoms with Gasteiger partial charge in [0.2, 0.25) is 0 Å². The molecule has 0 atom stereocenters. The van der Waals surface area contributed by atoms with Gasteiger partial charge >= 0.3 is 0 Å². The fourth-order valence-corrected chi connectivity index (χ4v) is 10.8. The average Bonchev–Trinajstić information content (AvgIpc) is 3.69. The largest absolute Gasteiger partial charge is 0.310 e. The number of para-hydroxylation sites is 2. The summed E-state index contributed by atoms with van der Waals surface area (Å²) in [4.78, 5) is 2.52. The minimum atomic E-state index is -0.212. The molecule has 2 aliphatic carbocycles. The van der Waals surface area contributed by atoms with Gasteiger partial charge in [-0.3, -0.25) is 0 Å². The zero-order valence-corrected chi connectivity index (χ0v) is 32.9. The van der Waals surface area contributed by atoms with Gasteiger partial charge in [0.25, 0.3) is 0 Å². The molecule has 0 aliphatic heterocycles. The van der Waals surface area contributed by atoms with Crippen LogP contribution >= 0.6 is 0 Å². The standard InChI is InChI=1S/C57H38N2/c1-57(2)47-32-27-38-24-23-37-15-11-19-44-45-20-12-21-46-51(34-48(57)56(54(45)46)55(47)53(38)52(37)44)58(40-28-25-36(26-29-40)35-13-5-3-6-14-35)41-30-31-43-42-18-9-10-22-49(42)59(50(43)33-41)39-16-7-4-8-17-39/h3-34H,1-2H3. The van der Waals surface area contributed by atoms with Gasteiger partial charge in [0.15, 0.2) is 0 Å². The molecule has 59 heavy (non-hydrogen) atoms. The van der Waals surface area contributed by atoms with E-state index < -0.39 is 0 Å². The molecule has 0 amide bonds. The summed E-state index contributed by atoms with van der Waals surface area (Å²) >= 11 is 0. The van der Waals surface area contributed by atoms with Crippen LogP contribution in [0.5, 0.6) is 0 Å². The third-order valence-corrected chi connectivity index (χ3v) is 13.5. The molecule has 276 valence electrons. The van der Waals surface area contributed by atoms with Crippen molar-refractivity contribution in [3.05, 3.63) is 205 Å². The number of fused-ring (bicyclic) bond motifs is 4. The first kappa shape index (κ1) is 32.6. The Balaban J connectivity index is 1.15. The van der Waals surface area contributed by atoms with E-state index in [-0.39, 0.29) is 5.41 Å². The number of rotatable bonds is 5. The summed E-state index contributed by atoms with van der Waals surface area (Å²) in [5.74, 6) is 0. The van der Waals surface area contributed by atoms with Crippen LogP contribution < -0.4 is 4.90 Å². The minimum absolute atomic E-state index is 0.212. The molecule has 10 aromatic carbocycles. The molecule has 1 heterocycles. The van der Waals surface area contributed by atoms with Gasteiger partial charge in [-0.15, -0.1) is 0 Å². The maximum atomic E-state index is 2.53. The first-order valence-electron chi connectivity index (χ1n) is 20.7. The molecule has 0 spiro atoms. The molecule has 13 rings (SSSR count). The number of anilines is 3. The predicted octanol–water partition coefficient (Wildman–Crippen LogP) is 15.7. The van der Waals surface area contributed by atoms with Gasteiger partial charge in [-0.25, -0.2) is 0 Å². The zero-order chi connectivity index (χ0) is 39.0. The van der Waals surface area contributed by atoms with E-state index in [4.69, 9.17) is 0 Å². The van der Waals surface area contributed by atoms with Crippen LogP contribution in [0.1, 0.15) is 25.0 Å². The van der Waals surface area contributed by atoms with Crippen molar-refractivity contribution in [1.82, 2.24) is 4.57 Å². The fraction of sp³-hybridized carbons (Fsp3) is 0.0526. The average molecular weight is 751 g/mol. The van der Waals surface area contributed by atoms with Crippen molar-refractivity contribution in [2.75, 3.05) is 4.90 Å². The Morgan fingerprint density at radius 3 is 1.83 bits per heavy atom. The van der Waals surface area contributed by atoms with Gasteiger partial charge in [-0.05, 0) is 120 Å². The summed E-state index contributed by atoms with van der Waals surface area (Å²) in [6.07, 6.45) is 0. The maximum absolute atomic E-state index is 2.53. The van der Waals surface area contributed by atoms with Crippen molar-refractivity contribution in [2.24, 2.45) is 0 Å². The normalized spacial score (nSPS) is 13.4. The van der Waals surface area contributed by atoms with Crippen molar-refractivity contribution >= 4 is 71.2 Å². The van der Waals surface area contributed by atoms with Crippen LogP contribution in [0.4, 0.5) is 17.1 Å². The lowest BCUT2D eigenvalue weighted by Gasteiger charge is -2.30. The predicted molar refractivity (Wildman–Crippen MR) is 250 cm³/mol. The minimum Gasteiger partial charge on any atom is -0.310 e. The summed E-state index contributed by atoms with van der Waals surface area (Å²) in [5.41, 5.74) is 17.4. The number of hydrogen-bond donors (Lipinski definition) is 0. The Morgan fingerprint density at radius 2 is 1.02 bits per heavy atom. The van der Waals surface area contributed by atoms with Gasteiger partial charge in [-0.1, -0.05) is 159 Å². The Bertz CT molecular complexity index is 3560. The summed E-state index contributed by atoms with van der Waals surface area (Å²) in [6.45, 7) is 4.86. The summed E-state index contributed by atoms with van der Waals surface area (Å²) in [7, 11) is 0. The lowest BCUT2D eigenvalue weighted by atomic mass is 9.80. The topological polar surface area (TPSA) is 8.17 Å². The van der Waals surface area contributed by atoms with Crippen molar-refractivity contribution in [1.29, 1.82) is 0 Å². The highest BCUT2D eigenvalue weighted by atomic mass is 15.1. The first-order valence-corrected chi connectivity index (χ1v) is 20.7. The second-order valence-electron chi connectivity index (χ2n) is 16.9. The molecular weight excluding hydrogens is 713 g/mol. The second-order valence-corrected chi connectivity index (χ2v) is 16.9. The quantitative estimate of drug-likeness (QED) is 0.159. The molecule has 0 saturated carbocycles. The van der Waals surface area contributed by atoms with Crippen molar-refractivity contribution < 1.29 is 0 Å². The van der Waals surface area contributed by atoms with Gasteiger partial charge in [-0.2, -0.15) is 0 Å². The van der Waals surface area contributed by atoms with E-state index in [0.717, 1.165) is 17.1 Å². The van der Waals surface area contributed by atoms with E-state index in [1.54, 1.807) is 0 Å². The summed E-state index contributed by atoms with van der Waals surface area (Å²) in [5, 5.41) is 10.4. The van der Waals surface area contributed by atoms with Crippen LogP contribution in [0, 0.1) is 0 Å². The molecule has 2 aliphatic rings. The first-order chi connectivity index (χ1) is 29.0. The molecular formula is C57H38N2. The Labute approximate surface area is 342 Å². The van der Waals surface area contributed by atoms with Gasteiger partial charge in [0, 0.05) is 38.6 Å².